The lowest BCUT2D eigenvalue weighted by Crippen LogP contribution is -2.13. The monoisotopic (exact) mass is 472 g/mol. The Bertz CT molecular complexity index is 699. The van der Waals surface area contributed by atoms with Gasteiger partial charge in [-0.2, -0.15) is 54.0 Å². The Labute approximate surface area is 151 Å². The van der Waals surface area contributed by atoms with E-state index in [0.29, 0.717) is 12.8 Å². The van der Waals surface area contributed by atoms with Crippen LogP contribution in [0.2, 0.25) is 0 Å². The van der Waals surface area contributed by atoms with Gasteiger partial charge in [-0.25, -0.2) is 0 Å². The molecule has 20 heteroatoms. The largest absolute Gasteiger partial charge is 0.425 e. The van der Waals surface area contributed by atoms with Gasteiger partial charge in [-0.15, -0.1) is 0 Å². The predicted molar refractivity (Wildman–Crippen MR) is 84.0 cm³/mol. The molecule has 0 bridgehead atoms. The molecule has 0 aromatic heterocycles. The molecule has 0 aliphatic heterocycles. The van der Waals surface area contributed by atoms with Crippen molar-refractivity contribution in [3.05, 3.63) is 0 Å². The van der Waals surface area contributed by atoms with Gasteiger partial charge < -0.3 is 0 Å². The Balaban J connectivity index is -0.000000308. The lowest BCUT2D eigenvalue weighted by molar-refractivity contribution is -0.105. The first-order valence-electron chi connectivity index (χ1n) is 5.99. The zero-order valence-corrected chi connectivity index (χ0v) is 16.7. The normalized spacial score (nSPS) is 12.4. The van der Waals surface area contributed by atoms with Crippen molar-refractivity contribution in [3.8, 4) is 0 Å². The smallest absolute Gasteiger partial charge is 0.262 e. The van der Waals surface area contributed by atoms with Crippen LogP contribution in [0.3, 0.4) is 0 Å². The van der Waals surface area contributed by atoms with Crippen LogP contribution in [0.25, 0.3) is 0 Å². The first kappa shape index (κ1) is 30.2. The second kappa shape index (κ2) is 13.6. The Hall–Kier alpha value is -0.520. The van der Waals surface area contributed by atoms with Crippen LogP contribution in [0.5, 0.6) is 0 Å². The summed E-state index contributed by atoms with van der Waals surface area (Å²) in [5.74, 6) is 8.79. The molecule has 162 valence electrons. The van der Waals surface area contributed by atoms with E-state index in [1.165, 1.54) is 0 Å². The van der Waals surface area contributed by atoms with Gasteiger partial charge in [-0.1, -0.05) is 22.5 Å². The van der Waals surface area contributed by atoms with Gasteiger partial charge in [-0.3, -0.25) is 9.11 Å². The third-order valence-corrected chi connectivity index (χ3v) is 4.37. The average Bonchev–Trinajstić information content (AvgIpc) is 2.45. The van der Waals surface area contributed by atoms with Crippen molar-refractivity contribution in [3.63, 3.8) is 0 Å². The molecule has 26 heavy (non-hydrogen) atoms. The average molecular weight is 472 g/mol. The van der Waals surface area contributed by atoms with Gasteiger partial charge in [0.15, 0.2) is 0 Å². The standard InChI is InChI=1S/2C3H9NO3S.H2O8S2/c2*1-2-3-8(5,6)7-4;1-9(2,3)7-8-10(4,5)6/h2*2-4H2,1H3;(H,1,2,3)(H,4,5,6). The minimum absolute atomic E-state index is 0.0104. The molecule has 0 heterocycles. The first-order valence-corrected chi connectivity index (χ1v) is 11.9. The van der Waals surface area contributed by atoms with E-state index in [2.05, 4.69) is 29.0 Å². The lowest BCUT2D eigenvalue weighted by atomic mass is 10.6. The molecule has 6 N–H and O–H groups in total. The molecule has 0 radical (unpaired) electrons. The highest BCUT2D eigenvalue weighted by atomic mass is 32.3. The maximum atomic E-state index is 10.3. The first-order chi connectivity index (χ1) is 11.4. The summed E-state index contributed by atoms with van der Waals surface area (Å²) in [7, 11) is -16.8. The van der Waals surface area contributed by atoms with Gasteiger partial charge in [-0.05, 0) is 12.8 Å². The number of nitrogens with two attached hydrogens (primary N) is 2. The molecule has 0 aliphatic rings. The molecule has 0 aromatic rings. The van der Waals surface area contributed by atoms with E-state index >= 15 is 0 Å². The van der Waals surface area contributed by atoms with Crippen molar-refractivity contribution in [1.29, 1.82) is 0 Å². The lowest BCUT2D eigenvalue weighted by Gasteiger charge is -1.93. The van der Waals surface area contributed by atoms with E-state index in [-0.39, 0.29) is 11.5 Å². The summed E-state index contributed by atoms with van der Waals surface area (Å²) < 4.78 is 107. The Morgan fingerprint density at radius 2 is 0.885 bits per heavy atom. The number of hydrogen-bond acceptors (Lipinski definition) is 14. The summed E-state index contributed by atoms with van der Waals surface area (Å²) in [5.41, 5.74) is 0. The molecule has 0 aromatic carbocycles. The second-order valence-electron chi connectivity index (χ2n) is 3.71. The van der Waals surface area contributed by atoms with E-state index in [1.807, 2.05) is 0 Å². The topological polar surface area (TPSA) is 266 Å². The highest BCUT2D eigenvalue weighted by Gasteiger charge is 2.13. The van der Waals surface area contributed by atoms with Crippen LogP contribution in [0, 0.1) is 0 Å². The molecular weight excluding hydrogens is 452 g/mol. The van der Waals surface area contributed by atoms with Crippen LogP contribution < -0.4 is 11.8 Å². The summed E-state index contributed by atoms with van der Waals surface area (Å²) >= 11 is 0. The fraction of sp³-hybridized carbons (Fsp3) is 1.00. The van der Waals surface area contributed by atoms with E-state index in [1.54, 1.807) is 13.8 Å². The fourth-order valence-electron chi connectivity index (χ4n) is 0.666. The maximum Gasteiger partial charge on any atom is 0.425 e. The molecule has 0 atom stereocenters. The molecule has 0 saturated heterocycles. The second-order valence-corrected chi connectivity index (χ2v) is 9.12. The van der Waals surface area contributed by atoms with E-state index in [0.717, 1.165) is 0 Å². The van der Waals surface area contributed by atoms with Crippen molar-refractivity contribution in [2.45, 2.75) is 26.7 Å². The van der Waals surface area contributed by atoms with Crippen LogP contribution >= 0.6 is 0 Å². The summed E-state index contributed by atoms with van der Waals surface area (Å²) in [4.78, 5) is 0. The zero-order chi connectivity index (χ0) is 21.7. The third kappa shape index (κ3) is 28.3. The fourth-order valence-corrected chi connectivity index (χ4v) is 2.42. The highest BCUT2D eigenvalue weighted by Crippen LogP contribution is 1.92. The van der Waals surface area contributed by atoms with Gasteiger partial charge in [0.1, 0.15) is 0 Å². The number of rotatable bonds is 9. The van der Waals surface area contributed by atoms with Gasteiger partial charge >= 0.3 is 20.8 Å². The molecule has 0 fully saturated rings. The third-order valence-electron chi connectivity index (χ3n) is 1.40. The molecule has 0 saturated carbocycles. The molecule has 16 nitrogen and oxygen atoms in total. The minimum atomic E-state index is -5.02. The van der Waals surface area contributed by atoms with Crippen LogP contribution in [-0.2, 0) is 58.3 Å². The van der Waals surface area contributed by atoms with Gasteiger partial charge in [0.25, 0.3) is 20.2 Å². The Morgan fingerprint density at radius 1 is 0.654 bits per heavy atom. The van der Waals surface area contributed by atoms with Crippen LogP contribution in [0.15, 0.2) is 0 Å². The summed E-state index contributed by atoms with van der Waals surface area (Å²) in [6.45, 7) is 3.47. The SMILES string of the molecule is CCCS(=O)(=O)ON.CCCS(=O)(=O)ON.O=S(=O)(O)OOS(=O)(=O)O. The van der Waals surface area contributed by atoms with Gasteiger partial charge in [0.2, 0.25) is 0 Å². The van der Waals surface area contributed by atoms with Gasteiger partial charge in [0, 0.05) is 0 Å². The quantitative estimate of drug-likeness (QED) is 0.157. The van der Waals surface area contributed by atoms with Crippen molar-refractivity contribution in [2.24, 2.45) is 11.8 Å². The van der Waals surface area contributed by atoms with E-state index < -0.39 is 41.0 Å². The van der Waals surface area contributed by atoms with Crippen LogP contribution in [-0.4, -0.2) is 54.3 Å². The van der Waals surface area contributed by atoms with Gasteiger partial charge in [0.05, 0.1) is 11.5 Å². The Morgan fingerprint density at radius 3 is 0.962 bits per heavy atom. The van der Waals surface area contributed by atoms with Crippen LogP contribution in [0.1, 0.15) is 26.7 Å². The molecule has 0 unspecified atom stereocenters. The maximum absolute atomic E-state index is 10.3. The highest BCUT2D eigenvalue weighted by molar-refractivity contribution is 7.86. The Kier molecular flexibility index (Phi) is 15.8. The van der Waals surface area contributed by atoms with Crippen molar-refractivity contribution in [2.75, 3.05) is 11.5 Å². The molecule has 0 aliphatic carbocycles. The zero-order valence-electron chi connectivity index (χ0n) is 13.4. The summed E-state index contributed by atoms with van der Waals surface area (Å²) in [6, 6.07) is 0. The summed E-state index contributed by atoms with van der Waals surface area (Å²) in [6.07, 6.45) is 1.05. The van der Waals surface area contributed by atoms with E-state index in [4.69, 9.17) is 9.11 Å². The van der Waals surface area contributed by atoms with Crippen molar-refractivity contribution >= 4 is 41.0 Å². The minimum Gasteiger partial charge on any atom is -0.262 e. The molecule has 0 rings (SSSR count). The number of hydrogen-bond donors (Lipinski definition) is 4. The molecule has 0 spiro atoms. The van der Waals surface area contributed by atoms with Crippen molar-refractivity contribution < 1.29 is 60.0 Å². The summed E-state index contributed by atoms with van der Waals surface area (Å²) in [5, 5.41) is 0. The van der Waals surface area contributed by atoms with Crippen LogP contribution in [0.4, 0.5) is 0 Å². The predicted octanol–water partition coefficient (Wildman–Crippen LogP) is -2.23. The van der Waals surface area contributed by atoms with Crippen molar-refractivity contribution in [1.82, 2.24) is 0 Å². The molecular formula is C6H20N2O14S4. The molecule has 0 amide bonds. The van der Waals surface area contributed by atoms with E-state index in [9.17, 15) is 33.7 Å².